The van der Waals surface area contributed by atoms with Gasteiger partial charge in [-0.15, -0.1) is 0 Å². The van der Waals surface area contributed by atoms with Gasteiger partial charge < -0.3 is 18.9 Å². The normalized spacial score (nSPS) is 32.6. The molecule has 2 aliphatic rings. The molecule has 1 aromatic rings. The van der Waals surface area contributed by atoms with Gasteiger partial charge >= 0.3 is 0 Å². The third-order valence-electron chi connectivity index (χ3n) is 3.76. The van der Waals surface area contributed by atoms with E-state index in [4.69, 9.17) is 18.9 Å². The molecule has 118 valence electrons. The maximum Gasteiger partial charge on any atom is 0.190 e. The van der Waals surface area contributed by atoms with Crippen LogP contribution in [0.5, 0.6) is 0 Å². The molecule has 0 radical (unpaired) electrons. The number of hydrogen-bond acceptors (Lipinski definition) is 5. The number of rotatable bonds is 5. The van der Waals surface area contributed by atoms with Crippen molar-refractivity contribution in [3.05, 3.63) is 48.6 Å². The molecule has 1 aromatic carbocycles. The topological polar surface area (TPSA) is 54.0 Å². The summed E-state index contributed by atoms with van der Waals surface area (Å²) >= 11 is 0. The first kappa shape index (κ1) is 15.4. The lowest BCUT2D eigenvalue weighted by Crippen LogP contribution is -2.40. The molecule has 0 N–H and O–H groups in total. The maximum absolute atomic E-state index is 12.0. The van der Waals surface area contributed by atoms with E-state index in [1.807, 2.05) is 44.2 Å². The van der Waals surface area contributed by atoms with Crippen LogP contribution < -0.4 is 0 Å². The molecule has 5 nitrogen and oxygen atoms in total. The maximum atomic E-state index is 12.0. The van der Waals surface area contributed by atoms with Gasteiger partial charge in [0.2, 0.25) is 0 Å². The summed E-state index contributed by atoms with van der Waals surface area (Å²) < 4.78 is 23.1. The van der Waals surface area contributed by atoms with Gasteiger partial charge in [-0.25, -0.2) is 0 Å². The van der Waals surface area contributed by atoms with Crippen molar-refractivity contribution >= 4 is 5.78 Å². The number of hydrogen-bond donors (Lipinski definition) is 0. The van der Waals surface area contributed by atoms with Crippen LogP contribution in [0.1, 0.15) is 19.4 Å². The molecule has 0 saturated carbocycles. The Morgan fingerprint density at radius 3 is 2.73 bits per heavy atom. The van der Waals surface area contributed by atoms with E-state index in [-0.39, 0.29) is 5.78 Å². The SMILES string of the molecule is C=CC(=O)[C@H]1O[C@@H]2OC(C)(C)O[C@@H]2[C@@H]1OCc1ccccc1. The van der Waals surface area contributed by atoms with Crippen LogP contribution in [0.4, 0.5) is 0 Å². The first-order valence-corrected chi connectivity index (χ1v) is 7.33. The molecule has 22 heavy (non-hydrogen) atoms. The summed E-state index contributed by atoms with van der Waals surface area (Å²) in [5.41, 5.74) is 1.02. The molecule has 4 atom stereocenters. The zero-order valence-electron chi connectivity index (χ0n) is 12.7. The number of ether oxygens (including phenoxy) is 4. The van der Waals surface area contributed by atoms with Crippen molar-refractivity contribution < 1.29 is 23.7 Å². The zero-order valence-corrected chi connectivity index (χ0v) is 12.7. The van der Waals surface area contributed by atoms with Crippen LogP contribution in [0.2, 0.25) is 0 Å². The van der Waals surface area contributed by atoms with Gasteiger partial charge in [0.05, 0.1) is 6.61 Å². The largest absolute Gasteiger partial charge is 0.367 e. The summed E-state index contributed by atoms with van der Waals surface area (Å²) in [6, 6.07) is 9.76. The van der Waals surface area contributed by atoms with Crippen molar-refractivity contribution in [1.29, 1.82) is 0 Å². The lowest BCUT2D eigenvalue weighted by Gasteiger charge is -2.24. The van der Waals surface area contributed by atoms with Gasteiger partial charge in [-0.3, -0.25) is 4.79 Å². The fourth-order valence-corrected chi connectivity index (χ4v) is 2.77. The van der Waals surface area contributed by atoms with Gasteiger partial charge in [0.1, 0.15) is 12.2 Å². The standard InChI is InChI=1S/C17H20O5/c1-4-12(18)13-14(19-10-11-8-6-5-7-9-11)15-16(20-13)22-17(2,3)21-15/h4-9,13-16H,1,10H2,2-3H3/t13-,14-,15-,16-/m1/s1. The summed E-state index contributed by atoms with van der Waals surface area (Å²) in [6.45, 7) is 7.52. The zero-order chi connectivity index (χ0) is 15.7. The molecular weight excluding hydrogens is 284 g/mol. The third kappa shape index (κ3) is 2.98. The van der Waals surface area contributed by atoms with Gasteiger partial charge in [0.25, 0.3) is 0 Å². The Labute approximate surface area is 129 Å². The number of carbonyl (C=O) groups excluding carboxylic acids is 1. The average molecular weight is 304 g/mol. The Bertz CT molecular complexity index is 553. The molecule has 5 heteroatoms. The highest BCUT2D eigenvalue weighted by Gasteiger charge is 2.56. The van der Waals surface area contributed by atoms with E-state index in [2.05, 4.69) is 6.58 Å². The summed E-state index contributed by atoms with van der Waals surface area (Å²) in [5, 5.41) is 0. The highest BCUT2D eigenvalue weighted by molar-refractivity contribution is 5.93. The number of carbonyl (C=O) groups is 1. The van der Waals surface area contributed by atoms with E-state index in [0.717, 1.165) is 5.56 Å². The van der Waals surface area contributed by atoms with E-state index in [9.17, 15) is 4.79 Å². The van der Waals surface area contributed by atoms with E-state index >= 15 is 0 Å². The molecule has 2 fully saturated rings. The summed E-state index contributed by atoms with van der Waals surface area (Å²) in [7, 11) is 0. The third-order valence-corrected chi connectivity index (χ3v) is 3.76. The van der Waals surface area contributed by atoms with Crippen LogP contribution in [0.15, 0.2) is 43.0 Å². The average Bonchev–Trinajstić information content (AvgIpc) is 2.97. The predicted molar refractivity (Wildman–Crippen MR) is 78.9 cm³/mol. The van der Waals surface area contributed by atoms with Gasteiger partial charge in [0.15, 0.2) is 24.0 Å². The molecular formula is C17H20O5. The van der Waals surface area contributed by atoms with Crippen molar-refractivity contribution in [3.63, 3.8) is 0 Å². The molecule has 0 bridgehead atoms. The van der Waals surface area contributed by atoms with Crippen LogP contribution in [0.25, 0.3) is 0 Å². The van der Waals surface area contributed by atoms with E-state index in [1.54, 1.807) is 0 Å². The molecule has 0 aliphatic carbocycles. The van der Waals surface area contributed by atoms with Crippen LogP contribution in [-0.2, 0) is 30.3 Å². The first-order valence-electron chi connectivity index (χ1n) is 7.33. The van der Waals surface area contributed by atoms with Crippen molar-refractivity contribution in [2.75, 3.05) is 0 Å². The Morgan fingerprint density at radius 2 is 2.05 bits per heavy atom. The fraction of sp³-hybridized carbons (Fsp3) is 0.471. The molecule has 0 amide bonds. The van der Waals surface area contributed by atoms with Crippen LogP contribution in [0, 0.1) is 0 Å². The van der Waals surface area contributed by atoms with Gasteiger partial charge in [-0.2, -0.15) is 0 Å². The number of benzene rings is 1. The smallest absolute Gasteiger partial charge is 0.190 e. The minimum atomic E-state index is -0.744. The van der Waals surface area contributed by atoms with Crippen LogP contribution in [0.3, 0.4) is 0 Å². The fourth-order valence-electron chi connectivity index (χ4n) is 2.77. The van der Waals surface area contributed by atoms with Crippen molar-refractivity contribution in [1.82, 2.24) is 0 Å². The van der Waals surface area contributed by atoms with Crippen molar-refractivity contribution in [2.24, 2.45) is 0 Å². The molecule has 2 saturated heterocycles. The van der Waals surface area contributed by atoms with Crippen LogP contribution >= 0.6 is 0 Å². The molecule has 2 heterocycles. The lowest BCUT2D eigenvalue weighted by molar-refractivity contribution is -0.217. The first-order chi connectivity index (χ1) is 10.5. The number of ketones is 1. The van der Waals surface area contributed by atoms with Gasteiger partial charge in [-0.05, 0) is 25.5 Å². The second kappa shape index (κ2) is 5.93. The predicted octanol–water partition coefficient (Wildman–Crippen LogP) is 2.20. The highest BCUT2D eigenvalue weighted by atomic mass is 16.8. The minimum absolute atomic E-state index is 0.225. The van der Waals surface area contributed by atoms with E-state index in [1.165, 1.54) is 6.08 Å². The summed E-state index contributed by atoms with van der Waals surface area (Å²) in [6.07, 6.45) is -1.03. The highest BCUT2D eigenvalue weighted by Crippen LogP contribution is 2.39. The Morgan fingerprint density at radius 1 is 1.32 bits per heavy atom. The molecule has 0 spiro atoms. The van der Waals surface area contributed by atoms with Crippen molar-refractivity contribution in [3.8, 4) is 0 Å². The Balaban J connectivity index is 1.74. The number of fused-ring (bicyclic) bond motifs is 1. The monoisotopic (exact) mass is 304 g/mol. The van der Waals surface area contributed by atoms with E-state index in [0.29, 0.717) is 6.61 Å². The molecule has 3 rings (SSSR count). The summed E-state index contributed by atoms with van der Waals surface area (Å²) in [4.78, 5) is 12.0. The van der Waals surface area contributed by atoms with E-state index < -0.39 is 30.4 Å². The van der Waals surface area contributed by atoms with Gasteiger partial charge in [0, 0.05) is 0 Å². The molecule has 0 unspecified atom stereocenters. The summed E-state index contributed by atoms with van der Waals surface area (Å²) in [5.74, 6) is -0.969. The quantitative estimate of drug-likeness (QED) is 0.781. The second-order valence-corrected chi connectivity index (χ2v) is 5.89. The van der Waals surface area contributed by atoms with Gasteiger partial charge in [-0.1, -0.05) is 36.9 Å². The second-order valence-electron chi connectivity index (χ2n) is 5.89. The van der Waals surface area contributed by atoms with Crippen molar-refractivity contribution in [2.45, 2.75) is 50.8 Å². The Kier molecular flexibility index (Phi) is 4.14. The Hall–Kier alpha value is -1.53. The lowest BCUT2D eigenvalue weighted by atomic mass is 10.1. The minimum Gasteiger partial charge on any atom is -0.367 e. The van der Waals surface area contributed by atoms with Crippen LogP contribution in [-0.4, -0.2) is 36.2 Å². The molecule has 0 aromatic heterocycles. The molecule has 2 aliphatic heterocycles.